The maximum atomic E-state index is 4.82. The van der Waals surface area contributed by atoms with Gasteiger partial charge in [-0.15, -0.1) is 0 Å². The van der Waals surface area contributed by atoms with Gasteiger partial charge >= 0.3 is 0 Å². The van der Waals surface area contributed by atoms with E-state index >= 15 is 0 Å². The summed E-state index contributed by atoms with van der Waals surface area (Å²) in [6.45, 7) is 2.71. The normalized spacial score (nSPS) is 40.2. The third kappa shape index (κ3) is 1.58. The SMILES string of the molecule is Ic1cn(C23CC(N4CCCCC4)(C2)C3)c(C2CC2)n1. The maximum absolute atomic E-state index is 4.82. The molecular formula is C16H22IN3. The van der Waals surface area contributed by atoms with Crippen LogP contribution in [0.1, 0.15) is 63.1 Å². The lowest BCUT2D eigenvalue weighted by molar-refractivity contribution is -0.211. The number of halogens is 1. The molecule has 1 aliphatic heterocycles. The van der Waals surface area contributed by atoms with Gasteiger partial charge in [0.15, 0.2) is 0 Å². The summed E-state index contributed by atoms with van der Waals surface area (Å²) in [7, 11) is 0. The van der Waals surface area contributed by atoms with Gasteiger partial charge < -0.3 is 4.57 Å². The standard InChI is InChI=1S/C16H22IN3/c17-13-8-20(14(18-13)12-4-5-12)16-9-15(10-16,11-16)19-6-2-1-3-7-19/h8,12H,1-7,9-11H2. The van der Waals surface area contributed by atoms with Crippen LogP contribution in [-0.2, 0) is 5.54 Å². The fourth-order valence-corrected chi connectivity index (χ4v) is 5.54. The first kappa shape index (κ1) is 12.4. The van der Waals surface area contributed by atoms with Crippen LogP contribution in [-0.4, -0.2) is 33.1 Å². The minimum absolute atomic E-state index is 0.464. The smallest absolute Gasteiger partial charge is 0.119 e. The molecule has 5 aliphatic rings. The molecule has 0 spiro atoms. The van der Waals surface area contributed by atoms with Crippen molar-refractivity contribution >= 4 is 22.6 Å². The molecule has 4 aliphatic carbocycles. The third-order valence-corrected chi connectivity index (χ3v) is 6.68. The van der Waals surface area contributed by atoms with Crippen molar-refractivity contribution in [3.63, 3.8) is 0 Å². The third-order valence-electron chi connectivity index (χ3n) is 6.16. The Morgan fingerprint density at radius 1 is 1.05 bits per heavy atom. The monoisotopic (exact) mass is 383 g/mol. The highest BCUT2D eigenvalue weighted by Crippen LogP contribution is 2.69. The average molecular weight is 383 g/mol. The fourth-order valence-electron chi connectivity index (χ4n) is 5.02. The van der Waals surface area contributed by atoms with Crippen LogP contribution < -0.4 is 0 Å². The molecule has 0 radical (unpaired) electrons. The molecule has 1 aromatic heterocycles. The van der Waals surface area contributed by atoms with Crippen LogP contribution in [0.3, 0.4) is 0 Å². The van der Waals surface area contributed by atoms with Gasteiger partial charge in [-0.25, -0.2) is 4.98 Å². The Kier molecular flexibility index (Phi) is 2.49. The highest BCUT2D eigenvalue weighted by Gasteiger charge is 2.71. The minimum atomic E-state index is 0.464. The van der Waals surface area contributed by atoms with E-state index in [1.165, 1.54) is 74.0 Å². The largest absolute Gasteiger partial charge is 0.327 e. The molecule has 6 rings (SSSR count). The quantitative estimate of drug-likeness (QED) is 0.746. The van der Waals surface area contributed by atoms with Crippen LogP contribution in [0.25, 0.3) is 0 Å². The van der Waals surface area contributed by atoms with Crippen molar-refractivity contribution in [3.05, 3.63) is 15.7 Å². The van der Waals surface area contributed by atoms with E-state index in [-0.39, 0.29) is 0 Å². The van der Waals surface area contributed by atoms with Crippen LogP contribution >= 0.6 is 22.6 Å². The predicted octanol–water partition coefficient (Wildman–Crippen LogP) is 3.48. The van der Waals surface area contributed by atoms with E-state index in [2.05, 4.69) is 38.3 Å². The molecular weight excluding hydrogens is 361 g/mol. The van der Waals surface area contributed by atoms with Crippen molar-refractivity contribution in [1.29, 1.82) is 0 Å². The van der Waals surface area contributed by atoms with Gasteiger partial charge in [0, 0.05) is 17.7 Å². The summed E-state index contributed by atoms with van der Waals surface area (Å²) in [4.78, 5) is 7.63. The van der Waals surface area contributed by atoms with E-state index in [0.717, 1.165) is 5.92 Å². The predicted molar refractivity (Wildman–Crippen MR) is 86.9 cm³/mol. The zero-order valence-electron chi connectivity index (χ0n) is 11.9. The lowest BCUT2D eigenvalue weighted by atomic mass is 9.43. The summed E-state index contributed by atoms with van der Waals surface area (Å²) in [6.07, 6.45) is 13.5. The molecule has 2 bridgehead atoms. The maximum Gasteiger partial charge on any atom is 0.119 e. The number of hydrogen-bond acceptors (Lipinski definition) is 2. The van der Waals surface area contributed by atoms with E-state index in [9.17, 15) is 0 Å². The first-order chi connectivity index (χ1) is 9.71. The molecule has 0 N–H and O–H groups in total. The highest BCUT2D eigenvalue weighted by atomic mass is 127. The van der Waals surface area contributed by atoms with Crippen molar-refractivity contribution in [1.82, 2.24) is 14.5 Å². The molecule has 3 nitrogen and oxygen atoms in total. The molecule has 4 heteroatoms. The first-order valence-electron chi connectivity index (χ1n) is 8.21. The van der Waals surface area contributed by atoms with Crippen molar-refractivity contribution in [2.75, 3.05) is 13.1 Å². The van der Waals surface area contributed by atoms with Gasteiger partial charge in [-0.3, -0.25) is 4.90 Å². The van der Waals surface area contributed by atoms with Crippen LogP contribution in [0.5, 0.6) is 0 Å². The summed E-state index contributed by atoms with van der Waals surface area (Å²) < 4.78 is 3.79. The molecule has 1 saturated heterocycles. The van der Waals surface area contributed by atoms with Gasteiger partial charge in [0.25, 0.3) is 0 Å². The Hall–Kier alpha value is -0.100. The van der Waals surface area contributed by atoms with E-state index in [1.807, 2.05) is 0 Å². The van der Waals surface area contributed by atoms with Crippen molar-refractivity contribution < 1.29 is 0 Å². The zero-order valence-corrected chi connectivity index (χ0v) is 14.1. The number of nitrogens with zero attached hydrogens (tertiary/aromatic N) is 3. The number of hydrogen-bond donors (Lipinski definition) is 0. The van der Waals surface area contributed by atoms with Gasteiger partial charge in [0.1, 0.15) is 9.53 Å². The lowest BCUT2D eigenvalue weighted by Crippen LogP contribution is -2.79. The molecule has 20 heavy (non-hydrogen) atoms. The van der Waals surface area contributed by atoms with Gasteiger partial charge in [0.2, 0.25) is 0 Å². The lowest BCUT2D eigenvalue weighted by Gasteiger charge is -2.74. The van der Waals surface area contributed by atoms with Crippen molar-refractivity contribution in [2.24, 2.45) is 0 Å². The van der Waals surface area contributed by atoms with Crippen LogP contribution in [0.4, 0.5) is 0 Å². The van der Waals surface area contributed by atoms with E-state index < -0.39 is 0 Å². The minimum Gasteiger partial charge on any atom is -0.327 e. The summed E-state index contributed by atoms with van der Waals surface area (Å²) >= 11 is 2.39. The topological polar surface area (TPSA) is 21.1 Å². The number of aromatic nitrogens is 2. The molecule has 108 valence electrons. The second kappa shape index (κ2) is 4.00. The zero-order chi connectivity index (χ0) is 13.4. The Balaban J connectivity index is 1.38. The van der Waals surface area contributed by atoms with Crippen LogP contribution in [0.2, 0.25) is 0 Å². The number of likely N-dealkylation sites (tertiary alicyclic amines) is 1. The summed E-state index contributed by atoms with van der Waals surface area (Å²) in [5, 5.41) is 0. The number of imidazole rings is 1. The van der Waals surface area contributed by atoms with Gasteiger partial charge in [-0.1, -0.05) is 6.42 Å². The van der Waals surface area contributed by atoms with Gasteiger partial charge in [-0.05, 0) is 80.6 Å². The summed E-state index contributed by atoms with van der Waals surface area (Å²) in [6, 6.07) is 0. The Morgan fingerprint density at radius 3 is 2.40 bits per heavy atom. The van der Waals surface area contributed by atoms with Gasteiger partial charge in [0.05, 0.1) is 5.54 Å². The van der Waals surface area contributed by atoms with Crippen LogP contribution in [0.15, 0.2) is 6.20 Å². The second-order valence-electron chi connectivity index (χ2n) is 7.59. The Morgan fingerprint density at radius 2 is 1.75 bits per heavy atom. The van der Waals surface area contributed by atoms with Crippen molar-refractivity contribution in [3.8, 4) is 0 Å². The molecule has 4 saturated carbocycles. The number of rotatable bonds is 3. The molecule has 0 atom stereocenters. The summed E-state index contributed by atoms with van der Waals surface area (Å²) in [5.41, 5.74) is 1.06. The fraction of sp³-hybridized carbons (Fsp3) is 0.812. The first-order valence-corrected chi connectivity index (χ1v) is 9.29. The molecule has 5 fully saturated rings. The van der Waals surface area contributed by atoms with E-state index in [1.54, 1.807) is 0 Å². The molecule has 1 aromatic rings. The summed E-state index contributed by atoms with van der Waals surface area (Å²) in [5.74, 6) is 2.18. The number of piperidine rings is 1. The Bertz CT molecular complexity index is 534. The Labute approximate surface area is 134 Å². The molecule has 0 aromatic carbocycles. The van der Waals surface area contributed by atoms with E-state index in [0.29, 0.717) is 11.1 Å². The van der Waals surface area contributed by atoms with Gasteiger partial charge in [-0.2, -0.15) is 0 Å². The second-order valence-corrected chi connectivity index (χ2v) is 8.70. The van der Waals surface area contributed by atoms with Crippen LogP contribution in [0, 0.1) is 3.70 Å². The average Bonchev–Trinajstić information content (AvgIpc) is 3.12. The molecule has 2 heterocycles. The highest BCUT2D eigenvalue weighted by molar-refractivity contribution is 14.1. The van der Waals surface area contributed by atoms with E-state index in [4.69, 9.17) is 4.98 Å². The van der Waals surface area contributed by atoms with Crippen molar-refractivity contribution in [2.45, 2.75) is 68.4 Å². The molecule has 0 unspecified atom stereocenters. The molecule has 0 amide bonds.